The fraction of sp³-hybridized carbons (Fsp3) is 0.562. The average molecular weight is 290 g/mol. The Bertz CT molecular complexity index is 496. The Kier molecular flexibility index (Phi) is 4.48. The fourth-order valence-electron chi connectivity index (χ4n) is 2.89. The van der Waals surface area contributed by atoms with Gasteiger partial charge in [-0.3, -0.25) is 4.79 Å². The molecule has 0 aromatic heterocycles. The van der Waals surface area contributed by atoms with Crippen LogP contribution in [0.1, 0.15) is 38.5 Å². The van der Waals surface area contributed by atoms with Crippen LogP contribution in [0.15, 0.2) is 18.2 Å². The predicted molar refractivity (Wildman–Crippen MR) is 80.7 cm³/mol. The van der Waals surface area contributed by atoms with E-state index in [4.69, 9.17) is 9.47 Å². The maximum atomic E-state index is 12.0. The fourth-order valence-corrected chi connectivity index (χ4v) is 2.89. The molecule has 1 fully saturated rings. The van der Waals surface area contributed by atoms with Crippen molar-refractivity contribution in [3.63, 3.8) is 0 Å². The van der Waals surface area contributed by atoms with Gasteiger partial charge in [-0.2, -0.15) is 0 Å². The minimum Gasteiger partial charge on any atom is -0.454 e. The summed E-state index contributed by atoms with van der Waals surface area (Å²) in [5.41, 5.74) is 0.871. The lowest BCUT2D eigenvalue weighted by molar-refractivity contribution is -0.120. The van der Waals surface area contributed by atoms with Crippen molar-refractivity contribution in [1.29, 1.82) is 0 Å². The number of fused-ring (bicyclic) bond motifs is 1. The SMILES string of the molecule is O=C(CNc1ccc2c(c1)OCO2)NC1CCCCCC1. The van der Waals surface area contributed by atoms with Crippen LogP contribution < -0.4 is 20.1 Å². The topological polar surface area (TPSA) is 59.6 Å². The molecule has 3 rings (SSSR count). The molecule has 2 N–H and O–H groups in total. The number of hydrogen-bond acceptors (Lipinski definition) is 4. The lowest BCUT2D eigenvalue weighted by atomic mass is 10.1. The number of carbonyl (C=O) groups is 1. The minimum absolute atomic E-state index is 0.0552. The summed E-state index contributed by atoms with van der Waals surface area (Å²) in [5, 5.41) is 6.26. The number of benzene rings is 1. The molecule has 0 bridgehead atoms. The van der Waals surface area contributed by atoms with E-state index in [1.165, 1.54) is 25.7 Å². The lowest BCUT2D eigenvalue weighted by Gasteiger charge is -2.16. The molecule has 1 aromatic carbocycles. The highest BCUT2D eigenvalue weighted by Crippen LogP contribution is 2.34. The summed E-state index contributed by atoms with van der Waals surface area (Å²) >= 11 is 0. The van der Waals surface area contributed by atoms with Gasteiger partial charge in [0, 0.05) is 17.8 Å². The highest BCUT2D eigenvalue weighted by Gasteiger charge is 2.16. The van der Waals surface area contributed by atoms with Crippen LogP contribution in [0.2, 0.25) is 0 Å². The third kappa shape index (κ3) is 3.80. The van der Waals surface area contributed by atoms with Gasteiger partial charge in [0.05, 0.1) is 6.54 Å². The van der Waals surface area contributed by atoms with E-state index in [-0.39, 0.29) is 19.2 Å². The zero-order valence-electron chi connectivity index (χ0n) is 12.2. The van der Waals surface area contributed by atoms with Crippen LogP contribution in [0.5, 0.6) is 11.5 Å². The number of nitrogens with one attached hydrogen (secondary N) is 2. The summed E-state index contributed by atoms with van der Waals surface area (Å²) < 4.78 is 10.6. The molecular weight excluding hydrogens is 268 g/mol. The lowest BCUT2D eigenvalue weighted by Crippen LogP contribution is -2.38. The Labute approximate surface area is 125 Å². The van der Waals surface area contributed by atoms with E-state index in [0.717, 1.165) is 30.0 Å². The van der Waals surface area contributed by atoms with E-state index < -0.39 is 0 Å². The molecule has 0 atom stereocenters. The highest BCUT2D eigenvalue weighted by molar-refractivity contribution is 5.81. The monoisotopic (exact) mass is 290 g/mol. The Morgan fingerprint density at radius 2 is 1.86 bits per heavy atom. The first kappa shape index (κ1) is 14.0. The van der Waals surface area contributed by atoms with Crippen LogP contribution >= 0.6 is 0 Å². The first-order chi connectivity index (χ1) is 10.3. The Morgan fingerprint density at radius 3 is 2.67 bits per heavy atom. The first-order valence-electron chi connectivity index (χ1n) is 7.74. The molecular formula is C16H22N2O3. The molecule has 1 aromatic rings. The Balaban J connectivity index is 1.47. The normalized spacial score (nSPS) is 18.1. The zero-order valence-corrected chi connectivity index (χ0v) is 12.2. The van der Waals surface area contributed by atoms with Gasteiger partial charge >= 0.3 is 0 Å². The third-order valence-electron chi connectivity index (χ3n) is 4.05. The maximum absolute atomic E-state index is 12.0. The van der Waals surface area contributed by atoms with Crippen molar-refractivity contribution in [1.82, 2.24) is 5.32 Å². The average Bonchev–Trinajstić information content (AvgIpc) is 2.81. The van der Waals surface area contributed by atoms with Gasteiger partial charge in [-0.1, -0.05) is 25.7 Å². The molecule has 0 unspecified atom stereocenters. The molecule has 114 valence electrons. The smallest absolute Gasteiger partial charge is 0.239 e. The molecule has 0 radical (unpaired) electrons. The van der Waals surface area contributed by atoms with E-state index in [0.29, 0.717) is 6.04 Å². The number of hydrogen-bond donors (Lipinski definition) is 2. The summed E-state index contributed by atoms with van der Waals surface area (Å²) in [4.78, 5) is 12.0. The van der Waals surface area contributed by atoms with Crippen LogP contribution in [0, 0.1) is 0 Å². The van der Waals surface area contributed by atoms with Crippen LogP contribution in [-0.4, -0.2) is 25.3 Å². The number of amides is 1. The van der Waals surface area contributed by atoms with E-state index in [1.807, 2.05) is 18.2 Å². The molecule has 1 saturated carbocycles. The predicted octanol–water partition coefficient (Wildman–Crippen LogP) is 2.67. The van der Waals surface area contributed by atoms with Crippen LogP contribution in [0.25, 0.3) is 0 Å². The second-order valence-corrected chi connectivity index (χ2v) is 5.68. The van der Waals surface area contributed by atoms with Gasteiger partial charge < -0.3 is 20.1 Å². The van der Waals surface area contributed by atoms with Crippen LogP contribution in [0.4, 0.5) is 5.69 Å². The molecule has 2 aliphatic rings. The summed E-state index contributed by atoms with van der Waals surface area (Å²) in [6.07, 6.45) is 7.25. The molecule has 5 heteroatoms. The summed E-state index contributed by atoms with van der Waals surface area (Å²) in [7, 11) is 0. The van der Waals surface area contributed by atoms with Crippen molar-refractivity contribution in [2.75, 3.05) is 18.7 Å². The van der Waals surface area contributed by atoms with Crippen LogP contribution in [-0.2, 0) is 4.79 Å². The van der Waals surface area contributed by atoms with E-state index in [2.05, 4.69) is 10.6 Å². The summed E-state index contributed by atoms with van der Waals surface area (Å²) in [6, 6.07) is 5.96. The molecule has 21 heavy (non-hydrogen) atoms. The second-order valence-electron chi connectivity index (χ2n) is 5.68. The van der Waals surface area contributed by atoms with Crippen molar-refractivity contribution < 1.29 is 14.3 Å². The van der Waals surface area contributed by atoms with E-state index in [9.17, 15) is 4.79 Å². The Hall–Kier alpha value is -1.91. The number of anilines is 1. The number of carbonyl (C=O) groups excluding carboxylic acids is 1. The summed E-state index contributed by atoms with van der Waals surface area (Å²) in [6.45, 7) is 0.553. The van der Waals surface area contributed by atoms with Crippen molar-refractivity contribution in [3.8, 4) is 11.5 Å². The molecule has 1 aliphatic heterocycles. The van der Waals surface area contributed by atoms with Crippen LogP contribution in [0.3, 0.4) is 0 Å². The highest BCUT2D eigenvalue weighted by atomic mass is 16.7. The zero-order chi connectivity index (χ0) is 14.5. The molecule has 1 aliphatic carbocycles. The van der Waals surface area contributed by atoms with Crippen molar-refractivity contribution in [2.45, 2.75) is 44.6 Å². The third-order valence-corrected chi connectivity index (χ3v) is 4.05. The second kappa shape index (κ2) is 6.70. The minimum atomic E-state index is 0.0552. The molecule has 0 spiro atoms. The van der Waals surface area contributed by atoms with Gasteiger partial charge in [0.25, 0.3) is 0 Å². The van der Waals surface area contributed by atoms with E-state index in [1.54, 1.807) is 0 Å². The van der Waals surface area contributed by atoms with Crippen molar-refractivity contribution >= 4 is 11.6 Å². The van der Waals surface area contributed by atoms with Gasteiger partial charge in [-0.05, 0) is 25.0 Å². The number of ether oxygens (including phenoxy) is 2. The van der Waals surface area contributed by atoms with Gasteiger partial charge in [0.2, 0.25) is 12.7 Å². The molecule has 1 amide bonds. The standard InChI is InChI=1S/C16H22N2O3/c19-16(18-12-5-3-1-2-4-6-12)10-17-13-7-8-14-15(9-13)21-11-20-14/h7-9,12,17H,1-6,10-11H2,(H,18,19). The largest absolute Gasteiger partial charge is 0.454 e. The summed E-state index contributed by atoms with van der Waals surface area (Å²) in [5.74, 6) is 1.53. The van der Waals surface area contributed by atoms with Gasteiger partial charge in [-0.25, -0.2) is 0 Å². The van der Waals surface area contributed by atoms with Crippen molar-refractivity contribution in [2.24, 2.45) is 0 Å². The molecule has 5 nitrogen and oxygen atoms in total. The molecule has 0 saturated heterocycles. The van der Waals surface area contributed by atoms with E-state index >= 15 is 0 Å². The van der Waals surface area contributed by atoms with Gasteiger partial charge in [-0.15, -0.1) is 0 Å². The van der Waals surface area contributed by atoms with Gasteiger partial charge in [0.15, 0.2) is 11.5 Å². The van der Waals surface area contributed by atoms with Gasteiger partial charge in [0.1, 0.15) is 0 Å². The van der Waals surface area contributed by atoms with Crippen molar-refractivity contribution in [3.05, 3.63) is 18.2 Å². The quantitative estimate of drug-likeness (QED) is 0.837. The maximum Gasteiger partial charge on any atom is 0.239 e. The molecule has 1 heterocycles. The Morgan fingerprint density at radius 1 is 1.10 bits per heavy atom. The first-order valence-corrected chi connectivity index (χ1v) is 7.74. The number of rotatable bonds is 4.